The number of Topliss-reactive ketones (excluding diaryl/α,β-unsaturated/α-hetero) is 1. The standard InChI is InChI=1S/C27H42F3NO4/c1-3-4-5-6-7-8-9-10-11-12-19-31(2,22-26(33)34)20-21-35-24-16-13-23(14-17-24)15-18-25(32)27(28,29)30/h13-14,16-17H,3-12,15,18-22H2,1-2H3/p+1. The molecule has 1 aromatic rings. The minimum atomic E-state index is -4.79. The maximum absolute atomic E-state index is 12.3. The summed E-state index contributed by atoms with van der Waals surface area (Å²) >= 11 is 0. The van der Waals surface area contributed by atoms with Gasteiger partial charge in [0.2, 0.25) is 5.78 Å². The molecular weight excluding hydrogens is 459 g/mol. The lowest BCUT2D eigenvalue weighted by molar-refractivity contribution is -0.902. The van der Waals surface area contributed by atoms with Crippen LogP contribution in [-0.2, 0) is 16.0 Å². The molecule has 0 aromatic heterocycles. The Hall–Kier alpha value is -2.09. The van der Waals surface area contributed by atoms with E-state index in [4.69, 9.17) is 4.74 Å². The largest absolute Gasteiger partial charge is 0.488 e. The van der Waals surface area contributed by atoms with E-state index < -0.39 is 24.3 Å². The highest BCUT2D eigenvalue weighted by molar-refractivity contribution is 5.84. The number of rotatable bonds is 20. The number of carbonyl (C=O) groups is 2. The molecule has 0 heterocycles. The quantitative estimate of drug-likeness (QED) is 0.162. The highest BCUT2D eigenvalue weighted by Gasteiger charge is 2.37. The average molecular weight is 503 g/mol. The Morgan fingerprint density at radius 3 is 1.94 bits per heavy atom. The van der Waals surface area contributed by atoms with E-state index in [1.165, 1.54) is 51.4 Å². The van der Waals surface area contributed by atoms with Crippen molar-refractivity contribution in [2.24, 2.45) is 0 Å². The van der Waals surface area contributed by atoms with Gasteiger partial charge in [0.1, 0.15) is 18.9 Å². The van der Waals surface area contributed by atoms with Gasteiger partial charge in [-0.25, -0.2) is 4.79 Å². The molecule has 0 aliphatic heterocycles. The van der Waals surface area contributed by atoms with E-state index in [0.29, 0.717) is 28.9 Å². The normalized spacial score (nSPS) is 13.4. The van der Waals surface area contributed by atoms with Gasteiger partial charge in [0.05, 0.1) is 13.6 Å². The van der Waals surface area contributed by atoms with Crippen LogP contribution in [0.25, 0.3) is 0 Å². The zero-order chi connectivity index (χ0) is 26.2. The fraction of sp³-hybridized carbons (Fsp3) is 0.704. The van der Waals surface area contributed by atoms with Crippen molar-refractivity contribution in [1.29, 1.82) is 0 Å². The lowest BCUT2D eigenvalue weighted by Gasteiger charge is -2.33. The number of unbranched alkanes of at least 4 members (excludes halogenated alkanes) is 9. The number of carbonyl (C=O) groups excluding carboxylic acids is 1. The van der Waals surface area contributed by atoms with Gasteiger partial charge in [-0.05, 0) is 37.0 Å². The molecule has 0 spiro atoms. The average Bonchev–Trinajstić information content (AvgIpc) is 2.78. The number of alkyl halides is 3. The van der Waals surface area contributed by atoms with Gasteiger partial charge in [-0.2, -0.15) is 13.2 Å². The lowest BCUT2D eigenvalue weighted by atomic mass is 10.1. The van der Waals surface area contributed by atoms with Crippen molar-refractivity contribution in [2.45, 2.75) is 90.1 Å². The summed E-state index contributed by atoms with van der Waals surface area (Å²) in [6, 6.07) is 6.62. The molecule has 0 fully saturated rings. The van der Waals surface area contributed by atoms with E-state index >= 15 is 0 Å². The van der Waals surface area contributed by atoms with E-state index in [1.54, 1.807) is 24.3 Å². The second-order valence-corrected chi connectivity index (χ2v) is 9.71. The molecule has 1 rings (SSSR count). The van der Waals surface area contributed by atoms with Gasteiger partial charge in [0.25, 0.3) is 0 Å². The molecule has 35 heavy (non-hydrogen) atoms. The Balaban J connectivity index is 2.35. The van der Waals surface area contributed by atoms with Crippen LogP contribution in [0, 0.1) is 0 Å². The number of ketones is 1. The molecule has 0 amide bonds. The molecule has 0 saturated carbocycles. The number of ether oxygens (including phenoxy) is 1. The highest BCUT2D eigenvalue weighted by Crippen LogP contribution is 2.20. The number of aryl methyl sites for hydroxylation is 1. The van der Waals surface area contributed by atoms with Gasteiger partial charge in [0, 0.05) is 6.42 Å². The molecule has 5 nitrogen and oxygen atoms in total. The molecule has 1 aromatic carbocycles. The van der Waals surface area contributed by atoms with Gasteiger partial charge in [0.15, 0.2) is 6.54 Å². The van der Waals surface area contributed by atoms with Crippen LogP contribution in [0.4, 0.5) is 13.2 Å². The Morgan fingerprint density at radius 1 is 0.886 bits per heavy atom. The van der Waals surface area contributed by atoms with E-state index in [1.807, 2.05) is 7.05 Å². The van der Waals surface area contributed by atoms with Gasteiger partial charge in [-0.15, -0.1) is 0 Å². The number of likely N-dealkylation sites (N-methyl/N-ethyl adjacent to an activating group) is 1. The molecule has 1 atom stereocenters. The SMILES string of the molecule is CCCCCCCCCCCC[N+](C)(CCOc1ccc(CCC(=O)C(F)(F)F)cc1)CC(=O)O. The monoisotopic (exact) mass is 502 g/mol. The Kier molecular flexibility index (Phi) is 14.6. The molecule has 0 radical (unpaired) electrons. The number of quaternary nitrogens is 1. The maximum Gasteiger partial charge on any atom is 0.449 e. The molecular formula is C27H43F3NO4+. The Labute approximate surface area is 208 Å². The molecule has 1 unspecified atom stereocenters. The third kappa shape index (κ3) is 14.8. The van der Waals surface area contributed by atoms with Crippen LogP contribution in [-0.4, -0.2) is 60.8 Å². The van der Waals surface area contributed by atoms with Crippen LogP contribution in [0.5, 0.6) is 5.75 Å². The van der Waals surface area contributed by atoms with Crippen molar-refractivity contribution in [3.8, 4) is 5.75 Å². The van der Waals surface area contributed by atoms with Gasteiger partial charge in [-0.3, -0.25) is 4.79 Å². The van der Waals surface area contributed by atoms with Crippen LogP contribution in [0.15, 0.2) is 24.3 Å². The van der Waals surface area contributed by atoms with Crippen LogP contribution in [0.1, 0.15) is 83.1 Å². The molecule has 0 saturated heterocycles. The molecule has 200 valence electrons. The van der Waals surface area contributed by atoms with Crippen LogP contribution < -0.4 is 4.74 Å². The van der Waals surface area contributed by atoms with E-state index in [9.17, 15) is 27.9 Å². The highest BCUT2D eigenvalue weighted by atomic mass is 19.4. The molecule has 0 bridgehead atoms. The summed E-state index contributed by atoms with van der Waals surface area (Å²) in [5, 5.41) is 9.35. The number of hydrogen-bond donors (Lipinski definition) is 1. The van der Waals surface area contributed by atoms with Crippen molar-refractivity contribution in [1.82, 2.24) is 0 Å². The summed E-state index contributed by atoms with van der Waals surface area (Å²) in [7, 11) is 1.94. The summed E-state index contributed by atoms with van der Waals surface area (Å²) in [6.45, 7) is 3.92. The van der Waals surface area contributed by atoms with Gasteiger partial charge in [-0.1, -0.05) is 70.4 Å². The maximum atomic E-state index is 12.3. The zero-order valence-corrected chi connectivity index (χ0v) is 21.4. The number of hydrogen-bond acceptors (Lipinski definition) is 3. The Morgan fingerprint density at radius 2 is 1.43 bits per heavy atom. The topological polar surface area (TPSA) is 63.6 Å². The van der Waals surface area contributed by atoms with Crippen molar-refractivity contribution >= 4 is 11.8 Å². The second kappa shape index (κ2) is 16.6. The first-order chi connectivity index (χ1) is 16.6. The molecule has 0 aliphatic rings. The summed E-state index contributed by atoms with van der Waals surface area (Å²) in [5.41, 5.74) is 0.627. The van der Waals surface area contributed by atoms with E-state index in [0.717, 1.165) is 19.4 Å². The molecule has 0 aliphatic carbocycles. The number of nitrogens with zero attached hydrogens (tertiary/aromatic N) is 1. The number of carboxylic acid groups (broad SMARTS) is 1. The van der Waals surface area contributed by atoms with E-state index in [-0.39, 0.29) is 13.0 Å². The summed E-state index contributed by atoms with van der Waals surface area (Å²) in [5.74, 6) is -2.00. The minimum Gasteiger partial charge on any atom is -0.488 e. The predicted molar refractivity (Wildman–Crippen MR) is 132 cm³/mol. The fourth-order valence-electron chi connectivity index (χ4n) is 4.11. The van der Waals surface area contributed by atoms with Crippen LogP contribution in [0.3, 0.4) is 0 Å². The minimum absolute atomic E-state index is 0.0189. The summed E-state index contributed by atoms with van der Waals surface area (Å²) in [4.78, 5) is 22.4. The smallest absolute Gasteiger partial charge is 0.449 e. The van der Waals surface area contributed by atoms with Gasteiger partial charge < -0.3 is 14.3 Å². The van der Waals surface area contributed by atoms with Crippen molar-refractivity contribution in [3.05, 3.63) is 29.8 Å². The van der Waals surface area contributed by atoms with Crippen LogP contribution in [0.2, 0.25) is 0 Å². The van der Waals surface area contributed by atoms with Crippen LogP contribution >= 0.6 is 0 Å². The first kappa shape index (κ1) is 30.9. The predicted octanol–water partition coefficient (Wildman–Crippen LogP) is 6.58. The number of halogens is 3. The zero-order valence-electron chi connectivity index (χ0n) is 21.4. The van der Waals surface area contributed by atoms with Gasteiger partial charge >= 0.3 is 12.1 Å². The number of aliphatic carboxylic acids is 1. The first-order valence-corrected chi connectivity index (χ1v) is 12.9. The number of benzene rings is 1. The van der Waals surface area contributed by atoms with Crippen molar-refractivity contribution in [3.63, 3.8) is 0 Å². The molecule has 8 heteroatoms. The Bertz CT molecular complexity index is 737. The summed E-state index contributed by atoms with van der Waals surface area (Å²) < 4.78 is 43.1. The second-order valence-electron chi connectivity index (χ2n) is 9.71. The first-order valence-electron chi connectivity index (χ1n) is 12.9. The number of carboxylic acids is 1. The van der Waals surface area contributed by atoms with Crippen molar-refractivity contribution < 1.29 is 37.1 Å². The van der Waals surface area contributed by atoms with E-state index in [2.05, 4.69) is 6.92 Å². The molecule has 1 N–H and O–H groups in total. The van der Waals surface area contributed by atoms with Crippen molar-refractivity contribution in [2.75, 3.05) is 33.3 Å². The third-order valence-electron chi connectivity index (χ3n) is 6.35. The fourth-order valence-corrected chi connectivity index (χ4v) is 4.11. The summed E-state index contributed by atoms with van der Waals surface area (Å²) in [6.07, 6.45) is 6.95. The lowest BCUT2D eigenvalue weighted by Crippen LogP contribution is -2.50. The third-order valence-corrected chi connectivity index (χ3v) is 6.35.